The van der Waals surface area contributed by atoms with Gasteiger partial charge in [-0.3, -0.25) is 9.69 Å². The molecular formula is C23H32N4O3S2. The predicted molar refractivity (Wildman–Crippen MR) is 129 cm³/mol. The topological polar surface area (TPSA) is 86.4 Å². The number of sulfone groups is 1. The summed E-state index contributed by atoms with van der Waals surface area (Å²) >= 11 is 1.58. The molecule has 32 heavy (non-hydrogen) atoms. The van der Waals surface area contributed by atoms with E-state index in [1.54, 1.807) is 11.8 Å². The van der Waals surface area contributed by atoms with Crippen molar-refractivity contribution in [1.82, 2.24) is 19.8 Å². The first-order valence-corrected chi connectivity index (χ1v) is 14.4. The van der Waals surface area contributed by atoms with E-state index in [4.69, 9.17) is 0 Å². The van der Waals surface area contributed by atoms with Gasteiger partial charge >= 0.3 is 0 Å². The smallest absolute Gasteiger partial charge is 0.236 e. The molecule has 1 amide bonds. The number of hydrogen-bond donors (Lipinski definition) is 1. The number of imidazole rings is 1. The van der Waals surface area contributed by atoms with E-state index in [9.17, 15) is 13.2 Å². The normalized spacial score (nSPS) is 22.6. The minimum Gasteiger partial charge on any atom is -0.340 e. The van der Waals surface area contributed by atoms with Crippen LogP contribution in [-0.4, -0.2) is 76.7 Å². The molecular weight excluding hydrogens is 444 g/mol. The van der Waals surface area contributed by atoms with Gasteiger partial charge in [0.2, 0.25) is 5.91 Å². The van der Waals surface area contributed by atoms with Crippen LogP contribution in [0.3, 0.4) is 0 Å². The molecule has 9 heteroatoms. The van der Waals surface area contributed by atoms with Crippen LogP contribution in [0.5, 0.6) is 0 Å². The van der Waals surface area contributed by atoms with Crippen molar-refractivity contribution >= 4 is 27.5 Å². The largest absolute Gasteiger partial charge is 0.340 e. The lowest BCUT2D eigenvalue weighted by Crippen LogP contribution is -2.42. The van der Waals surface area contributed by atoms with E-state index >= 15 is 0 Å². The molecule has 0 aliphatic carbocycles. The fourth-order valence-corrected chi connectivity index (χ4v) is 6.04. The average Bonchev–Trinajstić information content (AvgIpc) is 3.30. The van der Waals surface area contributed by atoms with Crippen molar-refractivity contribution in [2.45, 2.75) is 44.0 Å². The second kappa shape index (κ2) is 9.97. The number of thioether (sulfide) groups is 1. The summed E-state index contributed by atoms with van der Waals surface area (Å²) in [5.74, 6) is 1.55. The van der Waals surface area contributed by atoms with Crippen molar-refractivity contribution in [3.63, 3.8) is 0 Å². The summed E-state index contributed by atoms with van der Waals surface area (Å²) in [5, 5.41) is -0.0439. The van der Waals surface area contributed by atoms with Gasteiger partial charge in [-0.2, -0.15) is 11.8 Å². The standard InChI is InChI=1S/C23H32N4O3S2/c1-17(31-2)23(28)27-10-4-3-5-21(27)22-24-15-20(25-22)19-8-6-18(7-9-19)16-26-11-13-32(29,30)14-12-26/h6-9,15,17,21H,3-5,10-14,16H2,1-2H3,(H,24,25). The molecule has 2 fully saturated rings. The molecule has 2 unspecified atom stereocenters. The number of amides is 1. The number of H-pyrrole nitrogens is 1. The molecule has 0 bridgehead atoms. The van der Waals surface area contributed by atoms with Crippen LogP contribution in [0.1, 0.15) is 43.6 Å². The fourth-order valence-electron chi connectivity index (χ4n) is 4.42. The Balaban J connectivity index is 1.43. The Morgan fingerprint density at radius 3 is 2.59 bits per heavy atom. The fraction of sp³-hybridized carbons (Fsp3) is 0.565. The van der Waals surface area contributed by atoms with E-state index in [0.29, 0.717) is 13.1 Å². The van der Waals surface area contributed by atoms with Gasteiger partial charge in [0.15, 0.2) is 9.84 Å². The Kier molecular flexibility index (Phi) is 7.27. The summed E-state index contributed by atoms with van der Waals surface area (Å²) in [4.78, 5) is 25.1. The maximum atomic E-state index is 12.9. The van der Waals surface area contributed by atoms with Crippen LogP contribution >= 0.6 is 11.8 Å². The summed E-state index contributed by atoms with van der Waals surface area (Å²) in [6.07, 6.45) is 6.91. The van der Waals surface area contributed by atoms with Crippen LogP contribution in [0.25, 0.3) is 11.3 Å². The molecule has 4 rings (SSSR count). The number of carbonyl (C=O) groups excluding carboxylic acids is 1. The van der Waals surface area contributed by atoms with Gasteiger partial charge in [0, 0.05) is 26.2 Å². The lowest BCUT2D eigenvalue weighted by molar-refractivity contribution is -0.134. The van der Waals surface area contributed by atoms with Crippen molar-refractivity contribution in [3.8, 4) is 11.3 Å². The van der Waals surface area contributed by atoms with Crippen LogP contribution in [0.15, 0.2) is 30.5 Å². The van der Waals surface area contributed by atoms with E-state index in [1.165, 1.54) is 5.56 Å². The molecule has 0 radical (unpaired) electrons. The lowest BCUT2D eigenvalue weighted by atomic mass is 10.0. The maximum Gasteiger partial charge on any atom is 0.236 e. The Hall–Kier alpha value is -1.84. The molecule has 2 saturated heterocycles. The molecule has 0 spiro atoms. The molecule has 174 valence electrons. The highest BCUT2D eigenvalue weighted by molar-refractivity contribution is 7.99. The third kappa shape index (κ3) is 5.38. The van der Waals surface area contributed by atoms with E-state index in [0.717, 1.165) is 49.4 Å². The van der Waals surface area contributed by atoms with Gasteiger partial charge in [-0.15, -0.1) is 0 Å². The monoisotopic (exact) mass is 476 g/mol. The molecule has 7 nitrogen and oxygen atoms in total. The number of nitrogens with one attached hydrogen (secondary N) is 1. The highest BCUT2D eigenvalue weighted by atomic mass is 32.2. The van der Waals surface area contributed by atoms with Gasteiger partial charge in [0.05, 0.1) is 34.7 Å². The predicted octanol–water partition coefficient (Wildman–Crippen LogP) is 3.11. The van der Waals surface area contributed by atoms with Crippen molar-refractivity contribution in [2.24, 2.45) is 0 Å². The van der Waals surface area contributed by atoms with Crippen molar-refractivity contribution < 1.29 is 13.2 Å². The van der Waals surface area contributed by atoms with Crippen LogP contribution in [0.4, 0.5) is 0 Å². The van der Waals surface area contributed by atoms with Gasteiger partial charge in [0.25, 0.3) is 0 Å². The number of carbonyl (C=O) groups is 1. The summed E-state index contributed by atoms with van der Waals surface area (Å²) < 4.78 is 23.2. The van der Waals surface area contributed by atoms with Crippen LogP contribution in [-0.2, 0) is 21.2 Å². The molecule has 2 aliphatic rings. The zero-order chi connectivity index (χ0) is 22.7. The molecule has 1 N–H and O–H groups in total. The Bertz CT molecular complexity index is 1020. The Labute approximate surface area is 194 Å². The third-order valence-electron chi connectivity index (χ3n) is 6.51. The first-order chi connectivity index (χ1) is 15.4. The minimum atomic E-state index is -2.85. The maximum absolute atomic E-state index is 12.9. The number of hydrogen-bond acceptors (Lipinski definition) is 6. The minimum absolute atomic E-state index is 0.00857. The van der Waals surface area contributed by atoms with Crippen LogP contribution < -0.4 is 0 Å². The molecule has 2 atom stereocenters. The van der Waals surface area contributed by atoms with Crippen molar-refractivity contribution in [2.75, 3.05) is 37.4 Å². The Morgan fingerprint density at radius 2 is 1.91 bits per heavy atom. The molecule has 2 aliphatic heterocycles. The van der Waals surface area contributed by atoms with Crippen LogP contribution in [0, 0.1) is 0 Å². The summed E-state index contributed by atoms with van der Waals surface area (Å²) in [7, 11) is -2.85. The zero-order valence-corrected chi connectivity index (χ0v) is 20.4. The quantitative estimate of drug-likeness (QED) is 0.689. The highest BCUT2D eigenvalue weighted by Gasteiger charge is 2.32. The number of piperidine rings is 1. The SMILES string of the molecule is CSC(C)C(=O)N1CCCCC1c1ncc(-c2ccc(CN3CCS(=O)(=O)CC3)cc2)[nH]1. The van der Waals surface area contributed by atoms with Gasteiger partial charge < -0.3 is 9.88 Å². The summed E-state index contributed by atoms with van der Waals surface area (Å²) in [5.41, 5.74) is 3.18. The number of aromatic amines is 1. The summed E-state index contributed by atoms with van der Waals surface area (Å²) in [6.45, 7) is 4.71. The second-order valence-electron chi connectivity index (χ2n) is 8.73. The van der Waals surface area contributed by atoms with E-state index in [-0.39, 0.29) is 28.7 Å². The Morgan fingerprint density at radius 1 is 1.19 bits per heavy atom. The van der Waals surface area contributed by atoms with E-state index in [1.807, 2.05) is 24.3 Å². The third-order valence-corrected chi connectivity index (χ3v) is 9.02. The van der Waals surface area contributed by atoms with E-state index < -0.39 is 9.84 Å². The number of rotatable bonds is 6. The molecule has 2 aromatic rings. The number of benzene rings is 1. The number of likely N-dealkylation sites (tertiary alicyclic amines) is 1. The first-order valence-electron chi connectivity index (χ1n) is 11.3. The average molecular weight is 477 g/mol. The van der Waals surface area contributed by atoms with Crippen molar-refractivity contribution in [3.05, 3.63) is 41.9 Å². The second-order valence-corrected chi connectivity index (χ2v) is 12.2. The number of nitrogens with zero attached hydrogens (tertiary/aromatic N) is 3. The number of aromatic nitrogens is 2. The molecule has 0 saturated carbocycles. The summed E-state index contributed by atoms with van der Waals surface area (Å²) in [6, 6.07) is 8.35. The van der Waals surface area contributed by atoms with Gasteiger partial charge in [-0.25, -0.2) is 13.4 Å². The van der Waals surface area contributed by atoms with Gasteiger partial charge in [0.1, 0.15) is 5.82 Å². The van der Waals surface area contributed by atoms with E-state index in [2.05, 4.69) is 39.1 Å². The molecule has 1 aromatic heterocycles. The van der Waals surface area contributed by atoms with Crippen molar-refractivity contribution in [1.29, 1.82) is 0 Å². The van der Waals surface area contributed by atoms with Gasteiger partial charge in [-0.05, 0) is 43.6 Å². The lowest BCUT2D eigenvalue weighted by Gasteiger charge is -2.36. The first kappa shape index (κ1) is 23.3. The molecule has 3 heterocycles. The zero-order valence-electron chi connectivity index (χ0n) is 18.8. The molecule has 1 aromatic carbocycles. The van der Waals surface area contributed by atoms with Gasteiger partial charge in [-0.1, -0.05) is 24.3 Å². The van der Waals surface area contributed by atoms with Crippen LogP contribution in [0.2, 0.25) is 0 Å². The highest BCUT2D eigenvalue weighted by Crippen LogP contribution is 2.32.